The van der Waals surface area contributed by atoms with Crippen molar-refractivity contribution in [2.75, 3.05) is 5.75 Å². The molecule has 5 nitrogen and oxygen atoms in total. The zero-order valence-corrected chi connectivity index (χ0v) is 7.32. The minimum absolute atomic E-state index is 0.0148. The van der Waals surface area contributed by atoms with Crippen LogP contribution in [0.25, 0.3) is 0 Å². The topological polar surface area (TPSA) is 77.8 Å². The summed E-state index contributed by atoms with van der Waals surface area (Å²) in [6, 6.07) is 0. The minimum Gasteiger partial charge on any atom is -0.477 e. The van der Waals surface area contributed by atoms with Crippen LogP contribution in [-0.4, -0.2) is 44.2 Å². The van der Waals surface area contributed by atoms with Gasteiger partial charge in [-0.1, -0.05) is 0 Å². The zero-order chi connectivity index (χ0) is 9.59. The predicted octanol–water partition coefficient (Wildman–Crippen LogP) is -0.769. The molecule has 0 spiro atoms. The minimum atomic E-state index is -1.12. The molecule has 2 N–H and O–H groups in total. The van der Waals surface area contributed by atoms with Crippen LogP contribution in [0, 0.1) is 0 Å². The van der Waals surface area contributed by atoms with E-state index in [4.69, 9.17) is 5.11 Å². The molecule has 1 unspecified atom stereocenters. The molecule has 1 fully saturated rings. The Hall–Kier alpha value is -1.01. The van der Waals surface area contributed by atoms with Gasteiger partial charge >= 0.3 is 5.97 Å². The van der Waals surface area contributed by atoms with Crippen molar-refractivity contribution < 1.29 is 19.8 Å². The van der Waals surface area contributed by atoms with Gasteiger partial charge in [0.1, 0.15) is 11.1 Å². The molecule has 0 aromatic carbocycles. The van der Waals surface area contributed by atoms with E-state index in [-0.39, 0.29) is 5.70 Å². The van der Waals surface area contributed by atoms with Gasteiger partial charge in [-0.05, 0) is 6.08 Å². The van der Waals surface area contributed by atoms with Gasteiger partial charge in [-0.3, -0.25) is 9.69 Å². The number of hydrogen-bond donors (Lipinski definition) is 2. The Balaban J connectivity index is 2.27. The third kappa shape index (κ3) is 1.06. The van der Waals surface area contributed by atoms with Crippen molar-refractivity contribution in [3.05, 3.63) is 11.8 Å². The number of carboxylic acids is 1. The first-order valence-electron chi connectivity index (χ1n) is 3.69. The molecule has 1 amide bonds. The van der Waals surface area contributed by atoms with Crippen molar-refractivity contribution in [2.45, 2.75) is 11.5 Å². The van der Waals surface area contributed by atoms with Gasteiger partial charge in [0.25, 0.3) is 5.91 Å². The predicted molar refractivity (Wildman–Crippen MR) is 44.8 cm³/mol. The zero-order valence-electron chi connectivity index (χ0n) is 6.51. The van der Waals surface area contributed by atoms with Crippen molar-refractivity contribution in [3.8, 4) is 0 Å². The molecule has 2 aliphatic heterocycles. The fourth-order valence-corrected chi connectivity index (χ4v) is 2.50. The highest BCUT2D eigenvalue weighted by Gasteiger charge is 2.51. The molecular formula is C7H7NO4S. The van der Waals surface area contributed by atoms with Gasteiger partial charge in [0, 0.05) is 5.75 Å². The van der Waals surface area contributed by atoms with Crippen LogP contribution in [0.15, 0.2) is 11.8 Å². The number of carbonyl (C=O) groups is 2. The maximum Gasteiger partial charge on any atom is 0.352 e. The van der Waals surface area contributed by atoms with E-state index in [2.05, 4.69) is 0 Å². The van der Waals surface area contributed by atoms with Crippen LogP contribution >= 0.6 is 11.8 Å². The second-order valence-corrected chi connectivity index (χ2v) is 3.92. The molecular weight excluding hydrogens is 194 g/mol. The number of hydrogen-bond acceptors (Lipinski definition) is 4. The molecule has 1 saturated heterocycles. The first-order valence-corrected chi connectivity index (χ1v) is 4.74. The number of amides is 1. The molecule has 0 aliphatic carbocycles. The van der Waals surface area contributed by atoms with Gasteiger partial charge in [0.15, 0.2) is 6.10 Å². The summed E-state index contributed by atoms with van der Waals surface area (Å²) < 4.78 is 0. The molecule has 2 atom stereocenters. The summed E-state index contributed by atoms with van der Waals surface area (Å²) in [7, 11) is 0. The number of aliphatic hydroxyl groups is 1. The second kappa shape index (κ2) is 2.74. The highest BCUT2D eigenvalue weighted by molar-refractivity contribution is 8.00. The van der Waals surface area contributed by atoms with E-state index in [1.807, 2.05) is 0 Å². The van der Waals surface area contributed by atoms with E-state index in [1.54, 1.807) is 0 Å². The molecule has 13 heavy (non-hydrogen) atoms. The second-order valence-electron chi connectivity index (χ2n) is 2.77. The largest absolute Gasteiger partial charge is 0.477 e. The fourth-order valence-electron chi connectivity index (χ4n) is 1.38. The Bertz CT molecular complexity index is 314. The van der Waals surface area contributed by atoms with E-state index in [1.165, 1.54) is 17.8 Å². The van der Waals surface area contributed by atoms with Gasteiger partial charge in [-0.2, -0.15) is 0 Å². The number of β-lactam (4-membered cyclic amide) rings is 1. The fraction of sp³-hybridized carbons (Fsp3) is 0.429. The van der Waals surface area contributed by atoms with E-state index >= 15 is 0 Å². The summed E-state index contributed by atoms with van der Waals surface area (Å²) in [6.45, 7) is 0. The number of aliphatic hydroxyl groups excluding tert-OH is 1. The number of thioether (sulfide) groups is 1. The average Bonchev–Trinajstić information content (AvgIpc) is 2.15. The van der Waals surface area contributed by atoms with Crippen molar-refractivity contribution in [1.29, 1.82) is 0 Å². The number of carbonyl (C=O) groups excluding carboxylic acids is 1. The Kier molecular flexibility index (Phi) is 1.81. The molecule has 0 bridgehead atoms. The van der Waals surface area contributed by atoms with E-state index < -0.39 is 23.4 Å². The maximum absolute atomic E-state index is 11.1. The molecule has 70 valence electrons. The Morgan fingerprint density at radius 2 is 2.38 bits per heavy atom. The van der Waals surface area contributed by atoms with Gasteiger partial charge in [0.05, 0.1) is 0 Å². The third-order valence-corrected chi connectivity index (χ3v) is 3.21. The van der Waals surface area contributed by atoms with Crippen molar-refractivity contribution in [3.63, 3.8) is 0 Å². The monoisotopic (exact) mass is 201 g/mol. The standard InChI is InChI=1S/C7H7NO4S/c9-4-5(10)8-3(7(11)12)1-2-13-6(4)8/h1,4,6,9H,2H2,(H,11,12)/t4?,6-/m1/s1. The Morgan fingerprint density at radius 1 is 1.69 bits per heavy atom. The Morgan fingerprint density at radius 3 is 3.00 bits per heavy atom. The smallest absolute Gasteiger partial charge is 0.352 e. The molecule has 0 saturated carbocycles. The van der Waals surface area contributed by atoms with E-state index in [0.717, 1.165) is 4.90 Å². The number of fused-ring (bicyclic) bond motifs is 1. The summed E-state index contributed by atoms with van der Waals surface area (Å²) in [4.78, 5) is 22.8. The van der Waals surface area contributed by atoms with Crippen LogP contribution in [0.2, 0.25) is 0 Å². The van der Waals surface area contributed by atoms with Crippen molar-refractivity contribution in [1.82, 2.24) is 4.90 Å². The number of rotatable bonds is 1. The van der Waals surface area contributed by atoms with Crippen LogP contribution in [0.5, 0.6) is 0 Å². The van der Waals surface area contributed by atoms with Crippen LogP contribution in [-0.2, 0) is 9.59 Å². The van der Waals surface area contributed by atoms with Crippen LogP contribution in [0.1, 0.15) is 0 Å². The average molecular weight is 201 g/mol. The lowest BCUT2D eigenvalue weighted by molar-refractivity contribution is -0.159. The van der Waals surface area contributed by atoms with Gasteiger partial charge in [0.2, 0.25) is 0 Å². The van der Waals surface area contributed by atoms with Crippen LogP contribution in [0.4, 0.5) is 0 Å². The molecule has 0 aromatic rings. The highest BCUT2D eigenvalue weighted by atomic mass is 32.2. The van der Waals surface area contributed by atoms with E-state index in [9.17, 15) is 14.7 Å². The van der Waals surface area contributed by atoms with Crippen LogP contribution < -0.4 is 0 Å². The molecule has 0 radical (unpaired) electrons. The SMILES string of the molecule is O=C(O)C1=CCS[C@@H]2C(O)C(=O)N12. The first-order chi connectivity index (χ1) is 6.13. The van der Waals surface area contributed by atoms with Crippen molar-refractivity contribution >= 4 is 23.6 Å². The maximum atomic E-state index is 11.1. The molecule has 6 heteroatoms. The molecule has 2 rings (SSSR count). The van der Waals surface area contributed by atoms with E-state index in [0.29, 0.717) is 5.75 Å². The Labute approximate surface area is 78.0 Å². The van der Waals surface area contributed by atoms with Crippen LogP contribution in [0.3, 0.4) is 0 Å². The molecule has 2 heterocycles. The van der Waals surface area contributed by atoms with Crippen molar-refractivity contribution in [2.24, 2.45) is 0 Å². The summed E-state index contributed by atoms with van der Waals surface area (Å²) in [5, 5.41) is 17.5. The lowest BCUT2D eigenvalue weighted by Gasteiger charge is -2.45. The highest BCUT2D eigenvalue weighted by Crippen LogP contribution is 2.37. The summed E-state index contributed by atoms with van der Waals surface area (Å²) in [5.41, 5.74) is -0.0148. The number of carboxylic acid groups (broad SMARTS) is 1. The normalized spacial score (nSPS) is 31.9. The first kappa shape index (κ1) is 8.58. The lowest BCUT2D eigenvalue weighted by atomic mass is 10.1. The summed E-state index contributed by atoms with van der Waals surface area (Å²) in [5.74, 6) is -1.12. The van der Waals surface area contributed by atoms with Gasteiger partial charge in [-0.25, -0.2) is 4.79 Å². The number of nitrogens with zero attached hydrogens (tertiary/aromatic N) is 1. The quantitative estimate of drug-likeness (QED) is 0.545. The number of aliphatic carboxylic acids is 1. The van der Waals surface area contributed by atoms with Gasteiger partial charge < -0.3 is 10.2 Å². The molecule has 2 aliphatic rings. The lowest BCUT2D eigenvalue weighted by Crippen LogP contribution is -2.64. The summed E-state index contributed by atoms with van der Waals surface area (Å²) in [6.07, 6.45) is 0.445. The molecule has 0 aromatic heterocycles. The van der Waals surface area contributed by atoms with Gasteiger partial charge in [-0.15, -0.1) is 11.8 Å². The summed E-state index contributed by atoms with van der Waals surface area (Å²) >= 11 is 1.36. The third-order valence-electron chi connectivity index (χ3n) is 2.04.